The number of anilines is 1. The van der Waals surface area contributed by atoms with E-state index in [-0.39, 0.29) is 29.7 Å². The van der Waals surface area contributed by atoms with Crippen LogP contribution in [0.25, 0.3) is 11.2 Å². The van der Waals surface area contributed by atoms with Crippen molar-refractivity contribution >= 4 is 28.7 Å². The summed E-state index contributed by atoms with van der Waals surface area (Å²) in [5, 5.41) is 9.55. The number of fused-ring (bicyclic) bond motifs is 1. The van der Waals surface area contributed by atoms with Gasteiger partial charge in [-0.25, -0.2) is 4.98 Å². The summed E-state index contributed by atoms with van der Waals surface area (Å²) in [7, 11) is 0. The molecule has 1 aliphatic rings. The van der Waals surface area contributed by atoms with Crippen molar-refractivity contribution < 1.29 is 5.11 Å². The molecule has 6 nitrogen and oxygen atoms in total. The number of nitrogens with zero attached hydrogens (tertiary/aromatic N) is 4. The lowest BCUT2D eigenvalue weighted by molar-refractivity contribution is 0.204. The molecule has 7 heteroatoms. The zero-order valence-electron chi connectivity index (χ0n) is 10.2. The fraction of sp³-hybridized carbons (Fsp3) is 0.417. The molecule has 0 aromatic carbocycles. The Morgan fingerprint density at radius 1 is 1.47 bits per heavy atom. The monoisotopic (exact) mass is 279 g/mol. The Bertz CT molecular complexity index is 638. The maximum absolute atomic E-state index is 9.28. The maximum Gasteiger partial charge on any atom is 0.223 e. The maximum atomic E-state index is 9.28. The summed E-state index contributed by atoms with van der Waals surface area (Å²) in [5.74, 6) is 0.403. The molecule has 3 N–H and O–H groups in total. The number of nitrogens with two attached hydrogens (primary N) is 1. The number of nitrogen functional groups attached to an aromatic ring is 1. The first-order valence-corrected chi connectivity index (χ1v) is 6.50. The summed E-state index contributed by atoms with van der Waals surface area (Å²) in [6.07, 6.45) is 7.61. The number of hydrogen-bond donors (Lipinski definition) is 2. The Balaban J connectivity index is 2.06. The fourth-order valence-electron chi connectivity index (χ4n) is 2.44. The van der Waals surface area contributed by atoms with Crippen molar-refractivity contribution in [3.63, 3.8) is 0 Å². The molecule has 0 spiro atoms. The average Bonchev–Trinajstić information content (AvgIpc) is 2.82. The van der Waals surface area contributed by atoms with Crippen molar-refractivity contribution in [2.75, 3.05) is 12.3 Å². The Kier molecular flexibility index (Phi) is 3.12. The predicted molar refractivity (Wildman–Crippen MR) is 72.7 cm³/mol. The molecule has 0 saturated heterocycles. The number of rotatable bonds is 2. The lowest BCUT2D eigenvalue weighted by atomic mass is 9.91. The number of allylic oxidation sites excluding steroid dienone is 2. The molecule has 3 rings (SSSR count). The van der Waals surface area contributed by atoms with E-state index in [4.69, 9.17) is 17.3 Å². The van der Waals surface area contributed by atoms with Gasteiger partial charge in [0.1, 0.15) is 5.52 Å². The van der Waals surface area contributed by atoms with Gasteiger partial charge in [0.2, 0.25) is 5.95 Å². The van der Waals surface area contributed by atoms with Crippen molar-refractivity contribution in [1.29, 1.82) is 0 Å². The molecule has 19 heavy (non-hydrogen) atoms. The van der Waals surface area contributed by atoms with Gasteiger partial charge in [-0.3, -0.25) is 0 Å². The molecule has 0 aliphatic heterocycles. The van der Waals surface area contributed by atoms with Crippen LogP contribution in [0.2, 0.25) is 5.15 Å². The van der Waals surface area contributed by atoms with Gasteiger partial charge in [-0.1, -0.05) is 23.8 Å². The molecule has 100 valence electrons. The van der Waals surface area contributed by atoms with Crippen LogP contribution in [0.1, 0.15) is 18.9 Å². The first-order valence-electron chi connectivity index (χ1n) is 6.12. The Labute approximate surface area is 114 Å². The van der Waals surface area contributed by atoms with Gasteiger partial charge in [0.25, 0.3) is 0 Å². The SMILES string of the molecule is Nc1nc(Cl)c2ncn(C3C=CCC(CO)C3)c2n1. The van der Waals surface area contributed by atoms with Crippen LogP contribution in [0.3, 0.4) is 0 Å². The van der Waals surface area contributed by atoms with Gasteiger partial charge in [0, 0.05) is 6.61 Å². The molecule has 0 saturated carbocycles. The van der Waals surface area contributed by atoms with Gasteiger partial charge < -0.3 is 15.4 Å². The highest BCUT2D eigenvalue weighted by atomic mass is 35.5. The normalized spacial score (nSPS) is 23.1. The number of imidazole rings is 1. The van der Waals surface area contributed by atoms with Crippen molar-refractivity contribution in [2.24, 2.45) is 5.92 Å². The molecular weight excluding hydrogens is 266 g/mol. The van der Waals surface area contributed by atoms with E-state index >= 15 is 0 Å². The summed E-state index contributed by atoms with van der Waals surface area (Å²) in [6.45, 7) is 0.186. The van der Waals surface area contributed by atoms with E-state index in [1.165, 1.54) is 0 Å². The Morgan fingerprint density at radius 2 is 2.32 bits per heavy atom. The molecule has 1 aliphatic carbocycles. The topological polar surface area (TPSA) is 89.8 Å². The Morgan fingerprint density at radius 3 is 3.11 bits per heavy atom. The van der Waals surface area contributed by atoms with Crippen LogP contribution in [0.5, 0.6) is 0 Å². The van der Waals surface area contributed by atoms with Crippen LogP contribution in [0.4, 0.5) is 5.95 Å². The number of aliphatic hydroxyl groups is 1. The lowest BCUT2D eigenvalue weighted by Crippen LogP contribution is -2.18. The number of halogens is 1. The van der Waals surface area contributed by atoms with Crippen LogP contribution in [-0.2, 0) is 0 Å². The predicted octanol–water partition coefficient (Wildman–Crippen LogP) is 1.56. The van der Waals surface area contributed by atoms with Crippen LogP contribution in [0, 0.1) is 5.92 Å². The van der Waals surface area contributed by atoms with E-state index in [2.05, 4.69) is 27.1 Å². The molecule has 0 fully saturated rings. The largest absolute Gasteiger partial charge is 0.396 e. The lowest BCUT2D eigenvalue weighted by Gasteiger charge is -2.24. The van der Waals surface area contributed by atoms with E-state index in [1.807, 2.05) is 4.57 Å². The standard InChI is InChI=1S/C12H14ClN5O/c13-10-9-11(17-12(14)16-10)18(6-15-9)8-3-1-2-7(4-8)5-19/h1,3,6-8,19H,2,4-5H2,(H2,14,16,17). The highest BCUT2D eigenvalue weighted by molar-refractivity contribution is 6.33. The second-order valence-electron chi connectivity index (χ2n) is 4.71. The molecule has 2 atom stereocenters. The first kappa shape index (κ1) is 12.4. The summed E-state index contributed by atoms with van der Waals surface area (Å²) >= 11 is 6.01. The second kappa shape index (κ2) is 4.79. The number of aromatic nitrogens is 4. The summed E-state index contributed by atoms with van der Waals surface area (Å²) in [4.78, 5) is 12.3. The van der Waals surface area contributed by atoms with Crippen LogP contribution in [0.15, 0.2) is 18.5 Å². The van der Waals surface area contributed by atoms with E-state index in [0.717, 1.165) is 12.8 Å². The van der Waals surface area contributed by atoms with Gasteiger partial charge in [0.15, 0.2) is 10.8 Å². The van der Waals surface area contributed by atoms with Crippen molar-refractivity contribution in [3.05, 3.63) is 23.6 Å². The minimum absolute atomic E-state index is 0.112. The fourth-order valence-corrected chi connectivity index (χ4v) is 2.66. The van der Waals surface area contributed by atoms with Gasteiger partial charge in [-0.2, -0.15) is 9.97 Å². The third kappa shape index (κ3) is 2.17. The molecule has 2 aromatic rings. The van der Waals surface area contributed by atoms with Crippen LogP contribution in [-0.4, -0.2) is 31.2 Å². The molecular formula is C12H14ClN5O. The van der Waals surface area contributed by atoms with Gasteiger partial charge in [-0.05, 0) is 18.8 Å². The zero-order chi connectivity index (χ0) is 13.4. The number of hydrogen-bond acceptors (Lipinski definition) is 5. The summed E-state index contributed by atoms with van der Waals surface area (Å²) < 4.78 is 1.93. The highest BCUT2D eigenvalue weighted by Gasteiger charge is 2.21. The number of aliphatic hydroxyl groups excluding tert-OH is 1. The molecule has 2 aromatic heterocycles. The van der Waals surface area contributed by atoms with Crippen molar-refractivity contribution in [3.8, 4) is 0 Å². The molecule has 2 unspecified atom stereocenters. The minimum atomic E-state index is 0.112. The summed E-state index contributed by atoms with van der Waals surface area (Å²) in [6, 6.07) is 0.112. The van der Waals surface area contributed by atoms with Gasteiger partial charge in [0.05, 0.1) is 12.4 Å². The van der Waals surface area contributed by atoms with Gasteiger partial charge >= 0.3 is 0 Å². The Hall–Kier alpha value is -1.66. The third-order valence-electron chi connectivity index (χ3n) is 3.41. The van der Waals surface area contributed by atoms with E-state index in [0.29, 0.717) is 11.2 Å². The minimum Gasteiger partial charge on any atom is -0.396 e. The molecule has 0 radical (unpaired) electrons. The average molecular weight is 280 g/mol. The molecule has 2 heterocycles. The second-order valence-corrected chi connectivity index (χ2v) is 5.07. The van der Waals surface area contributed by atoms with E-state index in [9.17, 15) is 5.11 Å². The van der Waals surface area contributed by atoms with Crippen LogP contribution < -0.4 is 5.73 Å². The van der Waals surface area contributed by atoms with Gasteiger partial charge in [-0.15, -0.1) is 0 Å². The van der Waals surface area contributed by atoms with Crippen molar-refractivity contribution in [2.45, 2.75) is 18.9 Å². The molecule has 0 bridgehead atoms. The third-order valence-corrected chi connectivity index (χ3v) is 3.68. The van der Waals surface area contributed by atoms with Crippen molar-refractivity contribution in [1.82, 2.24) is 19.5 Å². The zero-order valence-corrected chi connectivity index (χ0v) is 11.0. The molecule has 0 amide bonds. The highest BCUT2D eigenvalue weighted by Crippen LogP contribution is 2.30. The van der Waals surface area contributed by atoms with E-state index in [1.54, 1.807) is 6.33 Å². The van der Waals surface area contributed by atoms with Crippen LogP contribution >= 0.6 is 11.6 Å². The quantitative estimate of drug-likeness (QED) is 0.643. The summed E-state index contributed by atoms with van der Waals surface area (Å²) in [5.41, 5.74) is 6.81. The first-order chi connectivity index (χ1) is 9.19. The smallest absolute Gasteiger partial charge is 0.223 e. The van der Waals surface area contributed by atoms with E-state index < -0.39 is 0 Å².